The van der Waals surface area contributed by atoms with E-state index in [-0.39, 0.29) is 11.7 Å². The molecule has 1 aromatic heterocycles. The summed E-state index contributed by atoms with van der Waals surface area (Å²) in [5.74, 6) is 1.84. The molecule has 0 bridgehead atoms. The molecule has 0 saturated carbocycles. The molecule has 0 spiro atoms. The van der Waals surface area contributed by atoms with Gasteiger partial charge >= 0.3 is 0 Å². The number of thiol groups is 1. The molecular formula is C21H29ClN4O2S. The van der Waals surface area contributed by atoms with Gasteiger partial charge in [0.25, 0.3) is 0 Å². The van der Waals surface area contributed by atoms with Gasteiger partial charge in [-0.3, -0.25) is 0 Å². The second-order valence-electron chi connectivity index (χ2n) is 6.94. The smallest absolute Gasteiger partial charge is 0.146 e. The van der Waals surface area contributed by atoms with Gasteiger partial charge in [-0.05, 0) is 43.9 Å². The van der Waals surface area contributed by atoms with E-state index < -0.39 is 10.7 Å². The topological polar surface area (TPSA) is 76.3 Å². The third-order valence-electron chi connectivity index (χ3n) is 4.69. The van der Waals surface area contributed by atoms with Crippen LogP contribution >= 0.6 is 11.6 Å². The number of unbranched alkanes of at least 4 members (excludes halogenated alkanes) is 1. The van der Waals surface area contributed by atoms with Crippen molar-refractivity contribution in [2.75, 3.05) is 12.3 Å². The Morgan fingerprint density at radius 2 is 2.21 bits per heavy atom. The molecule has 1 aromatic carbocycles. The quantitative estimate of drug-likeness (QED) is 0.313. The number of nitrogens with one attached hydrogen (secondary N) is 1. The molecule has 2 rings (SSSR count). The molecule has 1 heterocycles. The van der Waals surface area contributed by atoms with Crippen molar-refractivity contribution in [3.63, 3.8) is 0 Å². The minimum absolute atomic E-state index is 0.214. The predicted octanol–water partition coefficient (Wildman–Crippen LogP) is 4.26. The van der Waals surface area contributed by atoms with Crippen molar-refractivity contribution in [1.82, 2.24) is 15.0 Å². The molecule has 8 heteroatoms. The van der Waals surface area contributed by atoms with Crippen LogP contribution in [0.15, 0.2) is 48.2 Å². The van der Waals surface area contributed by atoms with E-state index in [9.17, 15) is 8.42 Å². The van der Waals surface area contributed by atoms with Crippen molar-refractivity contribution >= 4 is 28.1 Å². The Balaban J connectivity index is 2.18. The molecule has 2 aromatic rings. The van der Waals surface area contributed by atoms with Gasteiger partial charge in [0.2, 0.25) is 0 Å². The first kappa shape index (κ1) is 23.2. The summed E-state index contributed by atoms with van der Waals surface area (Å²) in [6.45, 7) is 8.52. The summed E-state index contributed by atoms with van der Waals surface area (Å²) in [5.41, 5.74) is 1.75. The Hall–Kier alpha value is -2.12. The maximum Gasteiger partial charge on any atom is 0.146 e. The Morgan fingerprint density at radius 1 is 1.41 bits per heavy atom. The third kappa shape index (κ3) is 7.33. The fourth-order valence-electron chi connectivity index (χ4n) is 3.04. The van der Waals surface area contributed by atoms with Crippen LogP contribution in [0.3, 0.4) is 0 Å². The van der Waals surface area contributed by atoms with Gasteiger partial charge < -0.3 is 5.32 Å². The van der Waals surface area contributed by atoms with Gasteiger partial charge in [-0.25, -0.2) is 18.1 Å². The summed E-state index contributed by atoms with van der Waals surface area (Å²) < 4.78 is 23.7. The number of hydrogen-bond donors (Lipinski definition) is 2. The van der Waals surface area contributed by atoms with Crippen LogP contribution < -0.4 is 5.32 Å². The van der Waals surface area contributed by atoms with Crippen LogP contribution in [0.4, 0.5) is 0 Å². The number of benzene rings is 1. The van der Waals surface area contributed by atoms with E-state index in [0.29, 0.717) is 23.8 Å². The van der Waals surface area contributed by atoms with Gasteiger partial charge in [-0.15, -0.1) is 5.10 Å². The average molecular weight is 437 g/mol. The van der Waals surface area contributed by atoms with E-state index in [2.05, 4.69) is 28.9 Å². The van der Waals surface area contributed by atoms with E-state index in [1.807, 2.05) is 31.2 Å². The maximum atomic E-state index is 11.0. The fraction of sp³-hybridized carbons (Fsp3) is 0.429. The highest BCUT2D eigenvalue weighted by Gasteiger charge is 2.12. The molecule has 29 heavy (non-hydrogen) atoms. The van der Waals surface area contributed by atoms with Crippen LogP contribution in [0, 0.1) is 12.8 Å². The molecule has 6 nitrogen and oxygen atoms in total. The molecule has 158 valence electrons. The highest BCUT2D eigenvalue weighted by Crippen LogP contribution is 2.23. The molecule has 1 unspecified atom stereocenters. The van der Waals surface area contributed by atoms with Gasteiger partial charge in [0.15, 0.2) is 0 Å². The Kier molecular flexibility index (Phi) is 9.41. The minimum atomic E-state index is -2.35. The first-order valence-corrected chi connectivity index (χ1v) is 11.6. The Morgan fingerprint density at radius 3 is 2.86 bits per heavy atom. The molecular weight excluding hydrogens is 408 g/mol. The zero-order chi connectivity index (χ0) is 21.2. The minimum Gasteiger partial charge on any atom is -0.368 e. The van der Waals surface area contributed by atoms with Crippen LogP contribution in [0.25, 0.3) is 11.3 Å². The van der Waals surface area contributed by atoms with Crippen molar-refractivity contribution in [3.05, 3.63) is 54.0 Å². The molecule has 1 N–H and O–H groups in total. The van der Waals surface area contributed by atoms with Crippen molar-refractivity contribution in [2.45, 2.75) is 39.5 Å². The van der Waals surface area contributed by atoms with Crippen molar-refractivity contribution < 1.29 is 8.42 Å². The number of halogens is 1. The summed E-state index contributed by atoms with van der Waals surface area (Å²) in [6.07, 6.45) is 7.21. The lowest BCUT2D eigenvalue weighted by Gasteiger charge is -2.17. The first-order chi connectivity index (χ1) is 13.9. The second-order valence-corrected chi connectivity index (χ2v) is 8.49. The van der Waals surface area contributed by atoms with Crippen molar-refractivity contribution in [1.29, 1.82) is 0 Å². The molecule has 0 amide bonds. The Bertz CT molecular complexity index is 913. The number of rotatable bonds is 11. The number of amidine groups is 1. The monoisotopic (exact) mass is 436 g/mol. The lowest BCUT2D eigenvalue weighted by molar-refractivity contribution is 0.445. The fourth-order valence-corrected chi connectivity index (χ4v) is 3.81. The summed E-state index contributed by atoms with van der Waals surface area (Å²) in [4.78, 5) is 4.38. The first-order valence-electron chi connectivity index (χ1n) is 9.82. The van der Waals surface area contributed by atoms with Crippen LogP contribution in [-0.2, 0) is 10.7 Å². The maximum absolute atomic E-state index is 11.0. The van der Waals surface area contributed by atoms with Gasteiger partial charge in [0, 0.05) is 22.9 Å². The zero-order valence-corrected chi connectivity index (χ0v) is 18.6. The van der Waals surface area contributed by atoms with Crippen molar-refractivity contribution in [3.8, 4) is 11.3 Å². The van der Waals surface area contributed by atoms with E-state index in [1.165, 1.54) is 0 Å². The summed E-state index contributed by atoms with van der Waals surface area (Å²) in [7, 11) is -2.35. The lowest BCUT2D eigenvalue weighted by Crippen LogP contribution is -2.29. The highest BCUT2D eigenvalue weighted by atomic mass is 35.5. The van der Waals surface area contributed by atoms with Gasteiger partial charge in [-0.1, -0.05) is 50.1 Å². The van der Waals surface area contributed by atoms with E-state index in [4.69, 9.17) is 11.6 Å². The highest BCUT2D eigenvalue weighted by molar-refractivity contribution is 7.72. The van der Waals surface area contributed by atoms with Crippen LogP contribution in [0.2, 0.25) is 5.02 Å². The normalized spacial score (nSPS) is 12.9. The SMILES string of the molecule is C=C/C(=N\n1c(-c2cccc(Cl)c2)cnc1C)NCC(CCCC)CC[SH](=O)=O. The molecule has 0 aliphatic rings. The van der Waals surface area contributed by atoms with Crippen LogP contribution in [0.5, 0.6) is 0 Å². The van der Waals surface area contributed by atoms with Gasteiger partial charge in [-0.2, -0.15) is 0 Å². The molecule has 0 fully saturated rings. The van der Waals surface area contributed by atoms with Crippen LogP contribution in [-0.4, -0.2) is 36.2 Å². The Labute approximate surface area is 179 Å². The second kappa shape index (κ2) is 11.8. The predicted molar refractivity (Wildman–Crippen MR) is 121 cm³/mol. The summed E-state index contributed by atoms with van der Waals surface area (Å²) in [6, 6.07) is 7.54. The average Bonchev–Trinajstić information content (AvgIpc) is 3.06. The molecule has 0 radical (unpaired) electrons. The van der Waals surface area contributed by atoms with Gasteiger partial charge in [0.1, 0.15) is 22.4 Å². The largest absolute Gasteiger partial charge is 0.368 e. The third-order valence-corrected chi connectivity index (χ3v) is 5.55. The van der Waals surface area contributed by atoms with E-state index >= 15 is 0 Å². The number of aryl methyl sites for hydroxylation is 1. The van der Waals surface area contributed by atoms with E-state index in [0.717, 1.165) is 36.3 Å². The molecule has 1 atom stereocenters. The number of aromatic nitrogens is 2. The summed E-state index contributed by atoms with van der Waals surface area (Å²) >= 11 is 6.13. The number of hydrogen-bond acceptors (Lipinski definition) is 4. The van der Waals surface area contributed by atoms with Gasteiger partial charge in [0.05, 0.1) is 11.9 Å². The lowest BCUT2D eigenvalue weighted by atomic mass is 9.99. The van der Waals surface area contributed by atoms with Crippen LogP contribution in [0.1, 0.15) is 38.4 Å². The standard InChI is InChI=1S/C21H29ClN4O2S/c1-4-6-8-17(11-12-29(27)28)14-24-21(5-2)25-26-16(3)23-15-20(26)18-9-7-10-19(22)13-18/h5,7,9-10,13,15,17,29H,2,4,6,8,11-12,14H2,1,3H3,(H,24,25). The molecule has 0 aliphatic carbocycles. The molecule has 0 saturated heterocycles. The molecule has 0 aliphatic heterocycles. The summed E-state index contributed by atoms with van der Waals surface area (Å²) in [5, 5.41) is 8.63. The van der Waals surface area contributed by atoms with E-state index in [1.54, 1.807) is 16.9 Å². The number of imidazole rings is 1. The number of nitrogens with zero attached hydrogens (tertiary/aromatic N) is 3. The van der Waals surface area contributed by atoms with Crippen molar-refractivity contribution in [2.24, 2.45) is 11.0 Å². The zero-order valence-electron chi connectivity index (χ0n) is 17.0.